The molecular weight excluding hydrogens is 277 g/mol. The van der Waals surface area contributed by atoms with Gasteiger partial charge in [-0.15, -0.1) is 0 Å². The first kappa shape index (κ1) is 15.2. The lowest BCUT2D eigenvalue weighted by Gasteiger charge is -2.32. The molecule has 1 aromatic heterocycles. The van der Waals surface area contributed by atoms with Gasteiger partial charge in [0.05, 0.1) is 22.3 Å². The van der Waals surface area contributed by atoms with Gasteiger partial charge in [0, 0.05) is 19.5 Å². The van der Waals surface area contributed by atoms with Crippen LogP contribution in [-0.4, -0.2) is 42.4 Å². The van der Waals surface area contributed by atoms with E-state index >= 15 is 0 Å². The third-order valence-corrected chi connectivity index (χ3v) is 4.50. The van der Waals surface area contributed by atoms with E-state index in [0.717, 1.165) is 16.5 Å². The molecule has 6 heteroatoms. The van der Waals surface area contributed by atoms with E-state index in [0.29, 0.717) is 5.95 Å². The van der Waals surface area contributed by atoms with E-state index in [1.165, 1.54) is 0 Å². The first-order valence-electron chi connectivity index (χ1n) is 7.51. The largest absolute Gasteiger partial charge is 0.515 e. The monoisotopic (exact) mass is 299 g/mol. The van der Waals surface area contributed by atoms with Crippen molar-refractivity contribution in [1.29, 1.82) is 0 Å². The van der Waals surface area contributed by atoms with Crippen molar-refractivity contribution in [2.24, 2.45) is 0 Å². The first-order chi connectivity index (χ1) is 10.2. The van der Waals surface area contributed by atoms with Crippen LogP contribution in [0.15, 0.2) is 24.3 Å². The lowest BCUT2D eigenvalue weighted by atomic mass is 9.81. The average molecular weight is 299 g/mol. The van der Waals surface area contributed by atoms with Gasteiger partial charge in [-0.3, -0.25) is 0 Å². The van der Waals surface area contributed by atoms with Gasteiger partial charge in [-0.25, -0.2) is 9.97 Å². The molecule has 0 unspecified atom stereocenters. The number of hydrogen-bond acceptors (Lipinski definition) is 5. The van der Waals surface area contributed by atoms with Crippen LogP contribution in [0, 0.1) is 0 Å². The summed E-state index contributed by atoms with van der Waals surface area (Å²) in [5, 5.41) is 0.964. The molecule has 116 valence electrons. The smallest absolute Gasteiger partial charge is 0.398 e. The Kier molecular flexibility index (Phi) is 3.42. The van der Waals surface area contributed by atoms with E-state index < -0.39 is 7.12 Å². The molecule has 1 aromatic carbocycles. The number of para-hydroxylation sites is 1. The standard InChI is InChI=1S/C16H22BN3O2/c1-15(2)16(3,4)22-17(21-15)13-11-9-7-8-10-12(11)18-14(19-13)20(5)6/h7-10H,1-6H3. The van der Waals surface area contributed by atoms with Crippen molar-refractivity contribution in [3.05, 3.63) is 24.3 Å². The fourth-order valence-electron chi connectivity index (χ4n) is 2.42. The molecule has 1 saturated heterocycles. The van der Waals surface area contributed by atoms with Gasteiger partial charge in [0.1, 0.15) is 0 Å². The van der Waals surface area contributed by atoms with Gasteiger partial charge in [-0.1, -0.05) is 18.2 Å². The summed E-state index contributed by atoms with van der Waals surface area (Å²) in [5.74, 6) is 0.656. The predicted molar refractivity (Wildman–Crippen MR) is 89.6 cm³/mol. The fraction of sp³-hybridized carbons (Fsp3) is 0.500. The van der Waals surface area contributed by atoms with E-state index in [1.807, 2.05) is 71.0 Å². The second-order valence-corrected chi connectivity index (χ2v) is 6.91. The Hall–Kier alpha value is -1.66. The lowest BCUT2D eigenvalue weighted by Crippen LogP contribution is -2.41. The van der Waals surface area contributed by atoms with Gasteiger partial charge in [0.15, 0.2) is 0 Å². The second kappa shape index (κ2) is 4.93. The molecule has 0 saturated carbocycles. The van der Waals surface area contributed by atoms with Crippen molar-refractivity contribution in [1.82, 2.24) is 9.97 Å². The van der Waals surface area contributed by atoms with Crippen LogP contribution in [0.25, 0.3) is 10.9 Å². The SMILES string of the molecule is CN(C)c1nc(B2OC(C)(C)C(C)(C)O2)c2ccccc2n1. The summed E-state index contributed by atoms with van der Waals surface area (Å²) in [5.41, 5.74) is 0.906. The van der Waals surface area contributed by atoms with Crippen LogP contribution in [0.1, 0.15) is 27.7 Å². The third-order valence-electron chi connectivity index (χ3n) is 4.50. The zero-order valence-electron chi connectivity index (χ0n) is 14.0. The van der Waals surface area contributed by atoms with Crippen molar-refractivity contribution in [2.45, 2.75) is 38.9 Å². The van der Waals surface area contributed by atoms with Crippen LogP contribution in [0.5, 0.6) is 0 Å². The average Bonchev–Trinajstić information content (AvgIpc) is 2.66. The normalized spacial score (nSPS) is 19.6. The number of aromatic nitrogens is 2. The Morgan fingerprint density at radius 3 is 2.14 bits per heavy atom. The van der Waals surface area contributed by atoms with E-state index in [-0.39, 0.29) is 11.2 Å². The number of fused-ring (bicyclic) bond motifs is 1. The second-order valence-electron chi connectivity index (χ2n) is 6.91. The van der Waals surface area contributed by atoms with Crippen LogP contribution in [0.2, 0.25) is 0 Å². The molecule has 0 atom stereocenters. The topological polar surface area (TPSA) is 47.5 Å². The fourth-order valence-corrected chi connectivity index (χ4v) is 2.42. The molecular formula is C16H22BN3O2. The zero-order chi connectivity index (χ0) is 16.1. The Bertz CT molecular complexity index is 700. The first-order valence-corrected chi connectivity index (χ1v) is 7.51. The molecule has 0 spiro atoms. The summed E-state index contributed by atoms with van der Waals surface area (Å²) in [6.07, 6.45) is 0. The molecule has 1 aliphatic rings. The summed E-state index contributed by atoms with van der Waals surface area (Å²) >= 11 is 0. The molecule has 1 aliphatic heterocycles. The molecule has 0 aliphatic carbocycles. The predicted octanol–water partition coefficient (Wildman–Crippen LogP) is 1.99. The summed E-state index contributed by atoms with van der Waals surface area (Å²) in [7, 11) is 3.37. The maximum absolute atomic E-state index is 6.16. The Labute approximate surface area is 131 Å². The Morgan fingerprint density at radius 2 is 1.55 bits per heavy atom. The van der Waals surface area contributed by atoms with Gasteiger partial charge in [-0.05, 0) is 33.8 Å². The minimum Gasteiger partial charge on any atom is -0.398 e. The molecule has 0 bridgehead atoms. The van der Waals surface area contributed by atoms with Gasteiger partial charge < -0.3 is 14.2 Å². The summed E-state index contributed by atoms with van der Waals surface area (Å²) in [6.45, 7) is 8.18. The highest BCUT2D eigenvalue weighted by molar-refractivity contribution is 6.64. The molecule has 3 rings (SSSR count). The number of anilines is 1. The van der Waals surface area contributed by atoms with Gasteiger partial charge >= 0.3 is 7.12 Å². The lowest BCUT2D eigenvalue weighted by molar-refractivity contribution is 0.00578. The minimum atomic E-state index is -0.489. The third kappa shape index (κ3) is 2.36. The van der Waals surface area contributed by atoms with Crippen LogP contribution < -0.4 is 10.5 Å². The van der Waals surface area contributed by atoms with Gasteiger partial charge in [0.2, 0.25) is 5.95 Å². The molecule has 0 N–H and O–H groups in total. The highest BCUT2D eigenvalue weighted by atomic mass is 16.7. The number of nitrogens with zero attached hydrogens (tertiary/aromatic N) is 3. The van der Waals surface area contributed by atoms with Crippen LogP contribution in [-0.2, 0) is 9.31 Å². The quantitative estimate of drug-likeness (QED) is 0.794. The number of rotatable bonds is 2. The van der Waals surface area contributed by atoms with Gasteiger partial charge in [-0.2, -0.15) is 0 Å². The molecule has 2 aromatic rings. The Balaban J connectivity index is 2.14. The molecule has 1 fully saturated rings. The van der Waals surface area contributed by atoms with Crippen molar-refractivity contribution in [3.8, 4) is 0 Å². The van der Waals surface area contributed by atoms with Crippen molar-refractivity contribution >= 4 is 29.6 Å². The molecule has 5 nitrogen and oxygen atoms in total. The van der Waals surface area contributed by atoms with E-state index in [1.54, 1.807) is 0 Å². The summed E-state index contributed by atoms with van der Waals surface area (Å²) < 4.78 is 12.3. The van der Waals surface area contributed by atoms with Crippen LogP contribution in [0.3, 0.4) is 0 Å². The number of benzene rings is 1. The highest BCUT2D eigenvalue weighted by Crippen LogP contribution is 2.36. The van der Waals surface area contributed by atoms with Crippen molar-refractivity contribution in [3.63, 3.8) is 0 Å². The highest BCUT2D eigenvalue weighted by Gasteiger charge is 2.52. The minimum absolute atomic E-state index is 0.387. The van der Waals surface area contributed by atoms with Crippen LogP contribution in [0.4, 0.5) is 5.95 Å². The molecule has 22 heavy (non-hydrogen) atoms. The van der Waals surface area contributed by atoms with E-state index in [4.69, 9.17) is 9.31 Å². The molecule has 0 radical (unpaired) electrons. The Morgan fingerprint density at radius 1 is 0.955 bits per heavy atom. The van der Waals surface area contributed by atoms with E-state index in [2.05, 4.69) is 9.97 Å². The van der Waals surface area contributed by atoms with Crippen LogP contribution >= 0.6 is 0 Å². The maximum atomic E-state index is 6.16. The molecule has 2 heterocycles. The van der Waals surface area contributed by atoms with E-state index in [9.17, 15) is 0 Å². The van der Waals surface area contributed by atoms with Crippen molar-refractivity contribution < 1.29 is 9.31 Å². The maximum Gasteiger partial charge on any atom is 0.515 e. The van der Waals surface area contributed by atoms with Crippen molar-refractivity contribution in [2.75, 3.05) is 19.0 Å². The van der Waals surface area contributed by atoms with Gasteiger partial charge in [0.25, 0.3) is 0 Å². The summed E-state index contributed by atoms with van der Waals surface area (Å²) in [4.78, 5) is 11.2. The molecule has 0 amide bonds. The zero-order valence-corrected chi connectivity index (χ0v) is 14.0. The summed E-state index contributed by atoms with van der Waals surface area (Å²) in [6, 6.07) is 7.95. The number of hydrogen-bond donors (Lipinski definition) is 0.